The molecule has 98 valence electrons. The van der Waals surface area contributed by atoms with E-state index in [-0.39, 0.29) is 22.4 Å². The fraction of sp³-hybridized carbons (Fsp3) is 0.357. The van der Waals surface area contributed by atoms with Crippen LogP contribution in [-0.2, 0) is 15.0 Å². The lowest BCUT2D eigenvalue weighted by Gasteiger charge is -2.41. The summed E-state index contributed by atoms with van der Waals surface area (Å²) in [4.78, 5) is 35.5. The molecule has 0 radical (unpaired) electrons. The number of hydrogen-bond donors (Lipinski definition) is 1. The zero-order valence-electron chi connectivity index (χ0n) is 10.1. The van der Waals surface area contributed by atoms with Crippen LogP contribution < -0.4 is 5.32 Å². The summed E-state index contributed by atoms with van der Waals surface area (Å²) in [6.45, 7) is 0. The van der Waals surface area contributed by atoms with Crippen molar-refractivity contribution in [2.75, 3.05) is 0 Å². The van der Waals surface area contributed by atoms with E-state index in [1.807, 2.05) is 12.1 Å². The van der Waals surface area contributed by atoms with Crippen molar-refractivity contribution >= 4 is 33.5 Å². The standard InChI is InChI=1S/C14H12BrNO3/c15-10-7-14(6-5-11(17)16-13(14)19)9-4-2-1-3-8(9)12(10)18/h1-4,10H,5-7H2,(H,16,17,19). The summed E-state index contributed by atoms with van der Waals surface area (Å²) < 4.78 is 0. The summed E-state index contributed by atoms with van der Waals surface area (Å²) in [5.74, 6) is -0.518. The van der Waals surface area contributed by atoms with E-state index in [1.54, 1.807) is 12.1 Å². The minimum absolute atomic E-state index is 0.00549. The van der Waals surface area contributed by atoms with E-state index in [2.05, 4.69) is 21.2 Å². The Morgan fingerprint density at radius 3 is 2.68 bits per heavy atom. The number of alkyl halides is 1. The molecule has 2 amide bonds. The van der Waals surface area contributed by atoms with Crippen LogP contribution in [0.1, 0.15) is 35.2 Å². The fourth-order valence-corrected chi connectivity index (χ4v) is 3.79. The summed E-state index contributed by atoms with van der Waals surface area (Å²) in [5.41, 5.74) is 0.577. The molecule has 1 heterocycles. The predicted molar refractivity (Wildman–Crippen MR) is 72.2 cm³/mol. The van der Waals surface area contributed by atoms with Gasteiger partial charge in [-0.3, -0.25) is 19.7 Å². The van der Waals surface area contributed by atoms with Gasteiger partial charge in [-0.15, -0.1) is 0 Å². The third kappa shape index (κ3) is 1.75. The lowest BCUT2D eigenvalue weighted by atomic mass is 9.65. The van der Waals surface area contributed by atoms with Gasteiger partial charge in [-0.2, -0.15) is 0 Å². The quantitative estimate of drug-likeness (QED) is 0.584. The highest BCUT2D eigenvalue weighted by molar-refractivity contribution is 9.10. The van der Waals surface area contributed by atoms with E-state index in [0.29, 0.717) is 24.8 Å². The first-order valence-electron chi connectivity index (χ1n) is 6.17. The number of Topliss-reactive ketones (excluding diaryl/α,β-unsaturated/α-hetero) is 1. The Kier molecular flexibility index (Phi) is 2.82. The maximum atomic E-state index is 12.3. The van der Waals surface area contributed by atoms with Gasteiger partial charge in [-0.1, -0.05) is 40.2 Å². The van der Waals surface area contributed by atoms with Crippen LogP contribution in [0, 0.1) is 0 Å². The second-order valence-corrected chi connectivity index (χ2v) is 6.15. The van der Waals surface area contributed by atoms with Gasteiger partial charge in [0.2, 0.25) is 11.8 Å². The van der Waals surface area contributed by atoms with E-state index in [9.17, 15) is 14.4 Å². The summed E-state index contributed by atoms with van der Waals surface area (Å²) in [5, 5.41) is 2.41. The van der Waals surface area contributed by atoms with Crippen molar-refractivity contribution in [3.8, 4) is 0 Å². The molecule has 0 saturated carbocycles. The maximum absolute atomic E-state index is 12.3. The summed E-state index contributed by atoms with van der Waals surface area (Å²) in [6, 6.07) is 7.19. The van der Waals surface area contributed by atoms with Gasteiger partial charge in [0.05, 0.1) is 10.2 Å². The molecule has 1 saturated heterocycles. The molecule has 1 aliphatic carbocycles. The average molecular weight is 322 g/mol. The fourth-order valence-electron chi connectivity index (χ4n) is 2.99. The predicted octanol–water partition coefficient (Wildman–Crippen LogP) is 1.71. The minimum Gasteiger partial charge on any atom is -0.296 e. The first kappa shape index (κ1) is 12.5. The molecule has 1 aliphatic heterocycles. The smallest absolute Gasteiger partial charge is 0.237 e. The van der Waals surface area contributed by atoms with Crippen LogP contribution in [-0.4, -0.2) is 22.4 Å². The molecule has 4 nitrogen and oxygen atoms in total. The van der Waals surface area contributed by atoms with Crippen LogP contribution in [0.3, 0.4) is 0 Å². The number of fused-ring (bicyclic) bond motifs is 2. The molecule has 1 fully saturated rings. The Labute approximate surface area is 118 Å². The third-order valence-electron chi connectivity index (χ3n) is 3.99. The Morgan fingerprint density at radius 2 is 1.95 bits per heavy atom. The van der Waals surface area contributed by atoms with Crippen LogP contribution in [0.5, 0.6) is 0 Å². The first-order chi connectivity index (χ1) is 9.04. The average Bonchev–Trinajstić information content (AvgIpc) is 2.40. The van der Waals surface area contributed by atoms with Crippen LogP contribution in [0.4, 0.5) is 0 Å². The van der Waals surface area contributed by atoms with Gasteiger partial charge >= 0.3 is 0 Å². The molecule has 0 aromatic heterocycles. The monoisotopic (exact) mass is 321 g/mol. The highest BCUT2D eigenvalue weighted by Crippen LogP contribution is 2.44. The summed E-state index contributed by atoms with van der Waals surface area (Å²) in [6.07, 6.45) is 1.18. The molecule has 1 spiro atoms. The van der Waals surface area contributed by atoms with Crippen molar-refractivity contribution < 1.29 is 14.4 Å². The van der Waals surface area contributed by atoms with Crippen molar-refractivity contribution in [2.45, 2.75) is 29.5 Å². The topological polar surface area (TPSA) is 63.2 Å². The molecule has 2 atom stereocenters. The van der Waals surface area contributed by atoms with E-state index >= 15 is 0 Å². The number of nitrogens with one attached hydrogen (secondary N) is 1. The second kappa shape index (κ2) is 4.27. The zero-order valence-corrected chi connectivity index (χ0v) is 11.7. The van der Waals surface area contributed by atoms with Crippen molar-refractivity contribution in [3.63, 3.8) is 0 Å². The van der Waals surface area contributed by atoms with Gasteiger partial charge < -0.3 is 0 Å². The van der Waals surface area contributed by atoms with Crippen LogP contribution >= 0.6 is 15.9 Å². The van der Waals surface area contributed by atoms with Crippen molar-refractivity contribution in [1.82, 2.24) is 5.32 Å². The first-order valence-corrected chi connectivity index (χ1v) is 7.08. The molecule has 1 aromatic carbocycles. The number of piperidine rings is 1. The molecule has 2 aliphatic rings. The van der Waals surface area contributed by atoms with Gasteiger partial charge in [-0.05, 0) is 18.4 Å². The maximum Gasteiger partial charge on any atom is 0.237 e. The molecule has 1 N–H and O–H groups in total. The molecular weight excluding hydrogens is 310 g/mol. The second-order valence-electron chi connectivity index (χ2n) is 5.04. The highest BCUT2D eigenvalue weighted by atomic mass is 79.9. The van der Waals surface area contributed by atoms with E-state index in [4.69, 9.17) is 0 Å². The van der Waals surface area contributed by atoms with Gasteiger partial charge in [0.25, 0.3) is 0 Å². The van der Waals surface area contributed by atoms with E-state index in [1.165, 1.54) is 0 Å². The molecule has 19 heavy (non-hydrogen) atoms. The van der Waals surface area contributed by atoms with Crippen molar-refractivity contribution in [2.24, 2.45) is 0 Å². The van der Waals surface area contributed by atoms with Crippen molar-refractivity contribution in [3.05, 3.63) is 35.4 Å². The van der Waals surface area contributed by atoms with Gasteiger partial charge in [0.1, 0.15) is 0 Å². The lowest BCUT2D eigenvalue weighted by molar-refractivity contribution is -0.138. The van der Waals surface area contributed by atoms with E-state index < -0.39 is 5.41 Å². The van der Waals surface area contributed by atoms with Crippen LogP contribution in [0.2, 0.25) is 0 Å². The number of benzene rings is 1. The Bertz CT molecular complexity index is 598. The Balaban J connectivity index is 2.17. The number of ketones is 1. The van der Waals surface area contributed by atoms with Gasteiger partial charge in [0.15, 0.2) is 5.78 Å². The molecule has 0 bridgehead atoms. The molecule has 3 rings (SSSR count). The summed E-state index contributed by atoms with van der Waals surface area (Å²) >= 11 is 3.36. The highest BCUT2D eigenvalue weighted by Gasteiger charge is 2.50. The number of amides is 2. The normalized spacial score (nSPS) is 30.2. The largest absolute Gasteiger partial charge is 0.296 e. The molecule has 2 unspecified atom stereocenters. The van der Waals surface area contributed by atoms with Crippen LogP contribution in [0.25, 0.3) is 0 Å². The Hall–Kier alpha value is -1.49. The lowest BCUT2D eigenvalue weighted by Crippen LogP contribution is -2.55. The third-order valence-corrected chi connectivity index (χ3v) is 4.73. The van der Waals surface area contributed by atoms with Crippen LogP contribution in [0.15, 0.2) is 24.3 Å². The number of carbonyl (C=O) groups excluding carboxylic acids is 3. The number of rotatable bonds is 0. The molecule has 1 aromatic rings. The minimum atomic E-state index is -0.757. The number of carbonyl (C=O) groups is 3. The number of halogens is 1. The number of hydrogen-bond acceptors (Lipinski definition) is 3. The number of imide groups is 1. The molecule has 5 heteroatoms. The van der Waals surface area contributed by atoms with Gasteiger partial charge in [-0.25, -0.2) is 0 Å². The Morgan fingerprint density at radius 1 is 1.21 bits per heavy atom. The zero-order chi connectivity index (χ0) is 13.6. The summed E-state index contributed by atoms with van der Waals surface area (Å²) in [7, 11) is 0. The van der Waals surface area contributed by atoms with E-state index in [0.717, 1.165) is 5.56 Å². The van der Waals surface area contributed by atoms with Gasteiger partial charge in [0, 0.05) is 12.0 Å². The van der Waals surface area contributed by atoms with Crippen molar-refractivity contribution in [1.29, 1.82) is 0 Å². The SMILES string of the molecule is O=C1CCC2(CC(Br)C(=O)c3ccccc32)C(=O)N1. The molecular formula is C14H12BrNO3.